The Balaban J connectivity index is 2.33. The van der Waals surface area contributed by atoms with E-state index in [-0.39, 0.29) is 0 Å². The molecule has 3 aromatic rings. The van der Waals surface area contributed by atoms with Crippen LogP contribution < -0.4 is 5.73 Å². The molecule has 0 bridgehead atoms. The molecule has 4 heteroatoms. The number of benzene rings is 1. The van der Waals surface area contributed by atoms with E-state index in [2.05, 4.69) is 23.3 Å². The normalized spacial score (nSPS) is 11.1. The molecule has 0 aliphatic heterocycles. The summed E-state index contributed by atoms with van der Waals surface area (Å²) in [6.07, 6.45) is 3.90. The molecule has 0 aliphatic rings. The molecule has 3 rings (SSSR count). The molecule has 3 nitrogen and oxygen atoms in total. The van der Waals surface area contributed by atoms with Crippen molar-refractivity contribution >= 4 is 22.2 Å². The van der Waals surface area contributed by atoms with Gasteiger partial charge in [-0.15, -0.1) is 11.3 Å². The fourth-order valence-corrected chi connectivity index (χ4v) is 2.59. The predicted molar refractivity (Wildman–Crippen MR) is 67.2 cm³/mol. The van der Waals surface area contributed by atoms with Gasteiger partial charge in [0.25, 0.3) is 0 Å². The summed E-state index contributed by atoms with van der Waals surface area (Å²) >= 11 is 1.65. The lowest BCUT2D eigenvalue weighted by Crippen LogP contribution is -2.04. The van der Waals surface area contributed by atoms with Gasteiger partial charge in [0.15, 0.2) is 0 Å². The van der Waals surface area contributed by atoms with Gasteiger partial charge in [0.2, 0.25) is 0 Å². The van der Waals surface area contributed by atoms with Gasteiger partial charge >= 0.3 is 0 Å². The lowest BCUT2D eigenvalue weighted by molar-refractivity contribution is 0.764. The van der Waals surface area contributed by atoms with Crippen molar-refractivity contribution in [3.63, 3.8) is 0 Å². The number of thiazole rings is 1. The Kier molecular flexibility index (Phi) is 2.23. The Morgan fingerprint density at radius 1 is 1.31 bits per heavy atom. The van der Waals surface area contributed by atoms with Crippen LogP contribution in [0.2, 0.25) is 0 Å². The van der Waals surface area contributed by atoms with Crippen LogP contribution in [0.15, 0.2) is 42.0 Å². The number of aromatic nitrogens is 2. The predicted octanol–water partition coefficient (Wildman–Crippen LogP) is 2.68. The van der Waals surface area contributed by atoms with E-state index in [1.54, 1.807) is 11.3 Å². The highest BCUT2D eigenvalue weighted by molar-refractivity contribution is 7.13. The lowest BCUT2D eigenvalue weighted by atomic mass is 10.2. The third-order valence-corrected chi connectivity index (χ3v) is 3.45. The summed E-state index contributed by atoms with van der Waals surface area (Å²) in [6, 6.07) is 8.26. The molecule has 80 valence electrons. The van der Waals surface area contributed by atoms with Crippen molar-refractivity contribution in [2.24, 2.45) is 5.73 Å². The quantitative estimate of drug-likeness (QED) is 0.734. The van der Waals surface area contributed by atoms with Crippen LogP contribution in [0.3, 0.4) is 0 Å². The zero-order valence-corrected chi connectivity index (χ0v) is 9.45. The Hall–Kier alpha value is -1.65. The second-order valence-corrected chi connectivity index (χ2v) is 4.44. The van der Waals surface area contributed by atoms with E-state index in [0.717, 1.165) is 16.1 Å². The fourth-order valence-electron chi connectivity index (χ4n) is 1.92. The summed E-state index contributed by atoms with van der Waals surface area (Å²) in [7, 11) is 0. The molecule has 0 amide bonds. The zero-order chi connectivity index (χ0) is 11.0. The molecule has 0 atom stereocenters. The van der Waals surface area contributed by atoms with Crippen LogP contribution in [0, 0.1) is 0 Å². The van der Waals surface area contributed by atoms with Gasteiger partial charge in [0.1, 0.15) is 5.01 Å². The van der Waals surface area contributed by atoms with Gasteiger partial charge < -0.3 is 10.3 Å². The standard InChI is InChI=1S/C12H11N3S/c13-8-15-7-10(12-14-5-6-16-12)9-3-1-2-4-11(9)15/h1-7H,8,13H2. The fraction of sp³-hybridized carbons (Fsp3) is 0.0833. The Labute approximate surface area is 97.2 Å². The van der Waals surface area contributed by atoms with Crippen LogP contribution in [0.5, 0.6) is 0 Å². The summed E-state index contributed by atoms with van der Waals surface area (Å²) in [5, 5.41) is 4.25. The molecular weight excluding hydrogens is 218 g/mol. The number of hydrogen-bond acceptors (Lipinski definition) is 3. The molecule has 0 unspecified atom stereocenters. The van der Waals surface area contributed by atoms with E-state index in [1.807, 2.05) is 28.3 Å². The molecule has 2 N–H and O–H groups in total. The highest BCUT2D eigenvalue weighted by Crippen LogP contribution is 2.31. The van der Waals surface area contributed by atoms with Crippen LogP contribution in [-0.2, 0) is 6.67 Å². The molecular formula is C12H11N3S. The van der Waals surface area contributed by atoms with Crippen molar-refractivity contribution in [2.45, 2.75) is 6.67 Å². The van der Waals surface area contributed by atoms with E-state index < -0.39 is 0 Å². The number of para-hydroxylation sites is 1. The number of hydrogen-bond donors (Lipinski definition) is 1. The first-order valence-corrected chi connectivity index (χ1v) is 5.96. The van der Waals surface area contributed by atoms with E-state index in [4.69, 9.17) is 5.73 Å². The third-order valence-electron chi connectivity index (χ3n) is 2.65. The summed E-state index contributed by atoms with van der Waals surface area (Å²) in [4.78, 5) is 4.35. The van der Waals surface area contributed by atoms with Crippen LogP contribution >= 0.6 is 11.3 Å². The van der Waals surface area contributed by atoms with Crippen molar-refractivity contribution < 1.29 is 0 Å². The lowest BCUT2D eigenvalue weighted by Gasteiger charge is -1.97. The maximum Gasteiger partial charge on any atom is 0.125 e. The van der Waals surface area contributed by atoms with Gasteiger partial charge in [-0.2, -0.15) is 0 Å². The monoisotopic (exact) mass is 229 g/mol. The average Bonchev–Trinajstić information content (AvgIpc) is 2.95. The topological polar surface area (TPSA) is 43.8 Å². The minimum Gasteiger partial charge on any atom is -0.334 e. The van der Waals surface area contributed by atoms with E-state index >= 15 is 0 Å². The maximum atomic E-state index is 5.73. The second-order valence-electron chi connectivity index (χ2n) is 3.55. The van der Waals surface area contributed by atoms with E-state index in [0.29, 0.717) is 6.67 Å². The number of rotatable bonds is 2. The molecule has 0 saturated heterocycles. The van der Waals surface area contributed by atoms with E-state index in [1.165, 1.54) is 5.39 Å². The van der Waals surface area contributed by atoms with Gasteiger partial charge in [0, 0.05) is 34.2 Å². The third kappa shape index (κ3) is 1.35. The van der Waals surface area contributed by atoms with Gasteiger partial charge in [-0.3, -0.25) is 0 Å². The van der Waals surface area contributed by atoms with Crippen molar-refractivity contribution in [1.82, 2.24) is 9.55 Å². The van der Waals surface area contributed by atoms with Crippen molar-refractivity contribution in [3.8, 4) is 10.6 Å². The van der Waals surface area contributed by atoms with Gasteiger partial charge in [-0.05, 0) is 6.07 Å². The molecule has 0 saturated carbocycles. The minimum absolute atomic E-state index is 0.492. The van der Waals surface area contributed by atoms with Gasteiger partial charge in [0.05, 0.1) is 6.67 Å². The molecule has 2 heterocycles. The first kappa shape index (κ1) is 9.57. The zero-order valence-electron chi connectivity index (χ0n) is 8.63. The Bertz CT molecular complexity index is 610. The molecule has 16 heavy (non-hydrogen) atoms. The average molecular weight is 229 g/mol. The Morgan fingerprint density at radius 3 is 2.94 bits per heavy atom. The number of nitrogens with zero attached hydrogens (tertiary/aromatic N) is 2. The maximum absolute atomic E-state index is 5.73. The van der Waals surface area contributed by atoms with Crippen molar-refractivity contribution in [1.29, 1.82) is 0 Å². The summed E-state index contributed by atoms with van der Waals surface area (Å²) in [6.45, 7) is 0.492. The molecule has 2 aromatic heterocycles. The smallest absolute Gasteiger partial charge is 0.125 e. The van der Waals surface area contributed by atoms with Crippen LogP contribution in [0.1, 0.15) is 0 Å². The number of nitrogens with two attached hydrogens (primary N) is 1. The summed E-state index contributed by atoms with van der Waals surface area (Å²) in [5.41, 5.74) is 8.05. The minimum atomic E-state index is 0.492. The van der Waals surface area contributed by atoms with Crippen LogP contribution in [-0.4, -0.2) is 9.55 Å². The van der Waals surface area contributed by atoms with Crippen LogP contribution in [0.25, 0.3) is 21.5 Å². The first-order chi connectivity index (χ1) is 7.90. The second kappa shape index (κ2) is 3.73. The summed E-state index contributed by atoms with van der Waals surface area (Å²) in [5.74, 6) is 0. The highest BCUT2D eigenvalue weighted by Gasteiger charge is 2.10. The van der Waals surface area contributed by atoms with Crippen LogP contribution in [0.4, 0.5) is 0 Å². The van der Waals surface area contributed by atoms with Crippen molar-refractivity contribution in [3.05, 3.63) is 42.0 Å². The SMILES string of the molecule is NCn1cc(-c2nccs2)c2ccccc21. The molecule has 0 radical (unpaired) electrons. The molecule has 0 fully saturated rings. The molecule has 0 aliphatic carbocycles. The largest absolute Gasteiger partial charge is 0.334 e. The number of fused-ring (bicyclic) bond motifs is 1. The highest BCUT2D eigenvalue weighted by atomic mass is 32.1. The molecule has 1 aromatic carbocycles. The Morgan fingerprint density at radius 2 is 2.19 bits per heavy atom. The van der Waals surface area contributed by atoms with Gasteiger partial charge in [-0.25, -0.2) is 4.98 Å². The van der Waals surface area contributed by atoms with Crippen molar-refractivity contribution in [2.75, 3.05) is 0 Å². The van der Waals surface area contributed by atoms with E-state index in [9.17, 15) is 0 Å². The summed E-state index contributed by atoms with van der Waals surface area (Å²) < 4.78 is 2.05. The van der Waals surface area contributed by atoms with Gasteiger partial charge in [-0.1, -0.05) is 18.2 Å². The molecule has 0 spiro atoms. The first-order valence-electron chi connectivity index (χ1n) is 5.08.